The minimum atomic E-state index is -4.55. The Kier molecular flexibility index (Phi) is 7.86. The number of nitrogens with zero attached hydrogens (tertiary/aromatic N) is 3. The van der Waals surface area contributed by atoms with Crippen LogP contribution in [0.2, 0.25) is 0 Å². The Bertz CT molecular complexity index is 1520. The zero-order chi connectivity index (χ0) is 28.4. The maximum Gasteiger partial charge on any atom is 0.416 e. The number of hydrogen-bond acceptors (Lipinski definition) is 7. The first-order valence-corrected chi connectivity index (χ1v) is 13.6. The molecule has 7 nitrogen and oxygen atoms in total. The quantitative estimate of drug-likeness (QED) is 0.167. The average molecular weight is 572 g/mol. The normalized spacial score (nSPS) is 15.6. The van der Waals surface area contributed by atoms with E-state index in [0.29, 0.717) is 16.3 Å². The van der Waals surface area contributed by atoms with Gasteiger partial charge >= 0.3 is 12.1 Å². The second kappa shape index (κ2) is 11.3. The summed E-state index contributed by atoms with van der Waals surface area (Å²) in [7, 11) is 2.09. The number of carbonyl (C=O) groups is 1. The van der Waals surface area contributed by atoms with Gasteiger partial charge in [0.05, 0.1) is 22.9 Å². The van der Waals surface area contributed by atoms with Gasteiger partial charge in [0.15, 0.2) is 4.88 Å². The van der Waals surface area contributed by atoms with E-state index in [-0.39, 0.29) is 22.3 Å². The van der Waals surface area contributed by atoms with Crippen LogP contribution in [0.4, 0.5) is 13.2 Å². The lowest BCUT2D eigenvalue weighted by molar-refractivity contribution is -0.139. The number of esters is 1. The Hall–Kier alpha value is -3.83. The molecule has 1 fully saturated rings. The first kappa shape index (κ1) is 27.7. The summed E-state index contributed by atoms with van der Waals surface area (Å²) < 4.78 is 59.9. The zero-order valence-corrected chi connectivity index (χ0v) is 22.8. The molecule has 0 amide bonds. The first-order chi connectivity index (χ1) is 19.1. The van der Waals surface area contributed by atoms with Crippen LogP contribution in [0.25, 0.3) is 16.0 Å². The lowest BCUT2D eigenvalue weighted by atomic mass is 10.0. The molecule has 2 aromatic carbocycles. The van der Waals surface area contributed by atoms with Gasteiger partial charge in [-0.05, 0) is 45.0 Å². The monoisotopic (exact) mass is 571 g/mol. The van der Waals surface area contributed by atoms with E-state index in [1.165, 1.54) is 25.1 Å². The number of benzene rings is 2. The van der Waals surface area contributed by atoms with E-state index < -0.39 is 23.8 Å². The lowest BCUT2D eigenvalue weighted by Gasteiger charge is -2.29. The minimum Gasteiger partial charge on any atom is -0.490 e. The highest BCUT2D eigenvalue weighted by atomic mass is 32.1. The summed E-state index contributed by atoms with van der Waals surface area (Å²) in [5, 5.41) is 0.571. The van der Waals surface area contributed by atoms with Crippen molar-refractivity contribution in [3.8, 4) is 16.5 Å². The van der Waals surface area contributed by atoms with Crippen molar-refractivity contribution in [1.29, 1.82) is 0 Å². The number of piperidine rings is 1. The fourth-order valence-electron chi connectivity index (χ4n) is 4.73. The third kappa shape index (κ3) is 5.85. The summed E-state index contributed by atoms with van der Waals surface area (Å²) in [5.41, 5.74) is 0.618. The highest BCUT2D eigenvalue weighted by molar-refractivity contribution is 7.16. The van der Waals surface area contributed by atoms with Crippen molar-refractivity contribution in [3.63, 3.8) is 0 Å². The molecule has 40 heavy (non-hydrogen) atoms. The number of imidazole rings is 1. The van der Waals surface area contributed by atoms with Gasteiger partial charge in [-0.15, -0.1) is 11.3 Å². The summed E-state index contributed by atoms with van der Waals surface area (Å²) in [6.45, 7) is 6.87. The summed E-state index contributed by atoms with van der Waals surface area (Å²) in [5.74, 6) is 0.0747. The zero-order valence-electron chi connectivity index (χ0n) is 22.0. The van der Waals surface area contributed by atoms with Crippen LogP contribution in [0.15, 0.2) is 67.7 Å². The predicted octanol–water partition coefficient (Wildman–Crippen LogP) is 7.02. The molecule has 1 atom stereocenters. The molecule has 11 heteroatoms. The van der Waals surface area contributed by atoms with E-state index in [9.17, 15) is 18.0 Å². The highest BCUT2D eigenvalue weighted by Gasteiger charge is 2.35. The number of carbonyl (C=O) groups excluding carboxylic acids is 1. The molecule has 1 saturated heterocycles. The topological polar surface area (TPSA) is 65.8 Å². The van der Waals surface area contributed by atoms with Crippen molar-refractivity contribution in [2.45, 2.75) is 38.1 Å². The first-order valence-electron chi connectivity index (χ1n) is 12.7. The summed E-state index contributed by atoms with van der Waals surface area (Å²) in [6, 6.07) is 12.4. The third-order valence-corrected chi connectivity index (χ3v) is 7.89. The second-order valence-electron chi connectivity index (χ2n) is 9.58. The lowest BCUT2D eigenvalue weighted by Crippen LogP contribution is -2.35. The molecule has 5 rings (SSSR count). The van der Waals surface area contributed by atoms with Crippen molar-refractivity contribution < 1.29 is 32.2 Å². The fraction of sp³-hybridized carbons (Fsp3) is 0.310. The molecule has 1 aliphatic heterocycles. The molecular weight excluding hydrogens is 543 g/mol. The molecule has 4 aromatic rings. The summed E-state index contributed by atoms with van der Waals surface area (Å²) >= 11 is 1.08. The number of thiophene rings is 1. The molecule has 2 aromatic heterocycles. The highest BCUT2D eigenvalue weighted by Crippen LogP contribution is 2.40. The van der Waals surface area contributed by atoms with E-state index in [4.69, 9.17) is 14.2 Å². The molecule has 0 bridgehead atoms. The fourth-order valence-corrected chi connectivity index (χ4v) is 5.69. The van der Waals surface area contributed by atoms with Crippen LogP contribution in [0.1, 0.15) is 46.7 Å². The smallest absolute Gasteiger partial charge is 0.416 e. The molecule has 3 heterocycles. The molecule has 0 spiro atoms. The van der Waals surface area contributed by atoms with Crippen LogP contribution in [-0.4, -0.2) is 46.7 Å². The van der Waals surface area contributed by atoms with Crippen LogP contribution in [0, 0.1) is 0 Å². The van der Waals surface area contributed by atoms with Crippen LogP contribution in [-0.2, 0) is 10.9 Å². The van der Waals surface area contributed by atoms with Crippen LogP contribution in [0.5, 0.6) is 11.5 Å². The van der Waals surface area contributed by atoms with E-state index in [1.54, 1.807) is 17.0 Å². The van der Waals surface area contributed by atoms with Crippen molar-refractivity contribution in [3.05, 3.63) is 83.7 Å². The van der Waals surface area contributed by atoms with Crippen LogP contribution >= 0.6 is 11.3 Å². The van der Waals surface area contributed by atoms with E-state index in [2.05, 4.69) is 23.5 Å². The van der Waals surface area contributed by atoms with Crippen molar-refractivity contribution in [2.24, 2.45) is 0 Å². The Morgan fingerprint density at radius 1 is 1.18 bits per heavy atom. The van der Waals surface area contributed by atoms with E-state index in [0.717, 1.165) is 55.1 Å². The van der Waals surface area contributed by atoms with Crippen LogP contribution < -0.4 is 9.47 Å². The SMILES string of the molecule is C=COC(=O)c1sc(-n2cnc3ccc(OC4CCN(C)CC4)cc32)cc1O[C@H](C)c1ccccc1C(F)(F)F. The Labute approximate surface area is 233 Å². The Balaban J connectivity index is 1.48. The molecule has 0 aliphatic carbocycles. The minimum absolute atomic E-state index is 0.0467. The second-order valence-corrected chi connectivity index (χ2v) is 10.6. The number of likely N-dealkylation sites (tertiary alicyclic amines) is 1. The van der Waals surface area contributed by atoms with Gasteiger partial charge in [0.1, 0.15) is 35.0 Å². The number of aromatic nitrogens is 2. The number of rotatable bonds is 8. The van der Waals surface area contributed by atoms with Crippen molar-refractivity contribution >= 4 is 28.3 Å². The van der Waals surface area contributed by atoms with Gasteiger partial charge in [0.2, 0.25) is 0 Å². The van der Waals surface area contributed by atoms with Gasteiger partial charge in [-0.25, -0.2) is 9.78 Å². The molecule has 0 radical (unpaired) electrons. The van der Waals surface area contributed by atoms with Gasteiger partial charge in [-0.2, -0.15) is 13.2 Å². The number of fused-ring (bicyclic) bond motifs is 1. The molecule has 1 aliphatic rings. The van der Waals surface area contributed by atoms with Gasteiger partial charge in [-0.3, -0.25) is 4.57 Å². The Morgan fingerprint density at radius 2 is 1.93 bits per heavy atom. The van der Waals surface area contributed by atoms with Gasteiger partial charge in [0, 0.05) is 30.8 Å². The molecule has 210 valence electrons. The number of alkyl halides is 3. The van der Waals surface area contributed by atoms with Crippen molar-refractivity contribution in [2.75, 3.05) is 20.1 Å². The maximum absolute atomic E-state index is 13.6. The summed E-state index contributed by atoms with van der Waals surface area (Å²) in [6.07, 6.45) is -0.967. The van der Waals surface area contributed by atoms with Gasteiger partial charge in [0.25, 0.3) is 0 Å². The van der Waals surface area contributed by atoms with Crippen LogP contribution in [0.3, 0.4) is 0 Å². The van der Waals surface area contributed by atoms with Gasteiger partial charge < -0.3 is 19.1 Å². The molecule has 0 N–H and O–H groups in total. The molecular formula is C29H28F3N3O4S. The van der Waals surface area contributed by atoms with E-state index >= 15 is 0 Å². The summed E-state index contributed by atoms with van der Waals surface area (Å²) in [4.78, 5) is 19.6. The predicted molar refractivity (Wildman–Crippen MR) is 146 cm³/mol. The number of halogens is 3. The third-order valence-electron chi connectivity index (χ3n) is 6.79. The van der Waals surface area contributed by atoms with Gasteiger partial charge in [-0.1, -0.05) is 24.8 Å². The average Bonchev–Trinajstić information content (AvgIpc) is 3.53. The number of ether oxygens (including phenoxy) is 3. The largest absolute Gasteiger partial charge is 0.490 e. The maximum atomic E-state index is 13.6. The number of hydrogen-bond donors (Lipinski definition) is 0. The standard InChI is InChI=1S/C29H28F3N3O4S/c1-4-37-28(36)27-25(38-18(2)21-7-5-6-8-22(21)29(30,31)32)16-26(40-27)35-17-33-23-10-9-20(15-24(23)35)39-19-11-13-34(3)14-12-19/h4-10,15-19H,1,11-14H2,2-3H3/t18-/m1/s1. The van der Waals surface area contributed by atoms with Crippen molar-refractivity contribution in [1.82, 2.24) is 14.5 Å². The molecule has 0 unspecified atom stereocenters. The molecule has 0 saturated carbocycles. The Morgan fingerprint density at radius 3 is 2.65 bits per heavy atom. The van der Waals surface area contributed by atoms with E-state index in [1.807, 2.05) is 18.2 Å².